The maximum atomic E-state index is 10.5. The van der Waals surface area contributed by atoms with Gasteiger partial charge >= 0.3 is 13.1 Å². The largest absolute Gasteiger partial charge is 0.489 e. The Bertz CT molecular complexity index is 312. The molecule has 0 radical (unpaired) electrons. The summed E-state index contributed by atoms with van der Waals surface area (Å²) < 4.78 is 0. The van der Waals surface area contributed by atoms with Gasteiger partial charge < -0.3 is 15.2 Å². The fourth-order valence-electron chi connectivity index (χ4n) is 0.917. The molecule has 0 saturated heterocycles. The maximum absolute atomic E-state index is 10.5. The van der Waals surface area contributed by atoms with Crippen molar-refractivity contribution < 1.29 is 19.9 Å². The summed E-state index contributed by atoms with van der Waals surface area (Å²) in [4.78, 5) is 10.5. The smallest absolute Gasteiger partial charge is 0.478 e. The number of aromatic carboxylic acids is 1. The van der Waals surface area contributed by atoms with E-state index in [2.05, 4.69) is 13.8 Å². The van der Waals surface area contributed by atoms with Gasteiger partial charge in [0, 0.05) is 0 Å². The van der Waals surface area contributed by atoms with Gasteiger partial charge in [-0.2, -0.15) is 0 Å². The van der Waals surface area contributed by atoms with Crippen molar-refractivity contribution in [2.45, 2.75) is 20.3 Å². The lowest BCUT2D eigenvalue weighted by atomic mass is 9.77. The molecule has 0 bridgehead atoms. The van der Waals surface area contributed by atoms with Crippen molar-refractivity contribution in [2.24, 2.45) is 0 Å². The minimum absolute atomic E-state index is 0.00463. The molecule has 4 nitrogen and oxygen atoms in total. The highest BCUT2D eigenvalue weighted by Gasteiger charge is 2.18. The molecule has 0 aliphatic carbocycles. The summed E-state index contributed by atoms with van der Waals surface area (Å²) in [7, 11) is -1.74. The molecule has 0 fully saturated rings. The van der Waals surface area contributed by atoms with Crippen LogP contribution in [-0.4, -0.2) is 28.2 Å². The Balaban J connectivity index is 0.000000583. The molecule has 1 rings (SSSR count). The van der Waals surface area contributed by atoms with Crippen LogP contribution in [0.5, 0.6) is 0 Å². The maximum Gasteiger partial charge on any atom is 0.489 e. The van der Waals surface area contributed by atoms with Gasteiger partial charge in [-0.1, -0.05) is 38.5 Å². The van der Waals surface area contributed by atoms with Crippen molar-refractivity contribution in [3.63, 3.8) is 0 Å². The Morgan fingerprint density at radius 3 is 2.07 bits per heavy atom. The Hall–Kier alpha value is -1.33. The fraction of sp³-hybridized carbons (Fsp3) is 0.300. The standard InChI is InChI=1S/C7H7BO4.C3H8/c9-7(10)5-3-1-2-4-6(5)8(11)12;1-3-2/h1-4,11-12H,(H,9,10);3H2,1-2H3. The molecular formula is C10H15BO4. The molecule has 5 heteroatoms. The van der Waals surface area contributed by atoms with Crippen LogP contribution < -0.4 is 5.46 Å². The van der Waals surface area contributed by atoms with Gasteiger partial charge in [0.1, 0.15) is 0 Å². The van der Waals surface area contributed by atoms with E-state index in [1.807, 2.05) is 0 Å². The first-order valence-corrected chi connectivity index (χ1v) is 4.72. The summed E-state index contributed by atoms with van der Waals surface area (Å²) >= 11 is 0. The number of benzene rings is 1. The van der Waals surface area contributed by atoms with Gasteiger partial charge in [-0.3, -0.25) is 0 Å². The molecule has 0 aromatic heterocycles. The fourth-order valence-corrected chi connectivity index (χ4v) is 0.917. The first-order valence-electron chi connectivity index (χ1n) is 4.72. The van der Waals surface area contributed by atoms with Gasteiger partial charge in [-0.25, -0.2) is 4.79 Å². The molecule has 0 atom stereocenters. The van der Waals surface area contributed by atoms with Gasteiger partial charge in [0.2, 0.25) is 0 Å². The topological polar surface area (TPSA) is 77.8 Å². The van der Waals surface area contributed by atoms with Gasteiger partial charge in [0.05, 0.1) is 5.56 Å². The van der Waals surface area contributed by atoms with Gasteiger partial charge in [0.25, 0.3) is 0 Å². The zero-order chi connectivity index (χ0) is 11.8. The van der Waals surface area contributed by atoms with E-state index in [-0.39, 0.29) is 11.0 Å². The van der Waals surface area contributed by atoms with Crippen molar-refractivity contribution in [2.75, 3.05) is 0 Å². The second-order valence-corrected chi connectivity index (χ2v) is 2.97. The van der Waals surface area contributed by atoms with Crippen molar-refractivity contribution >= 4 is 18.6 Å². The van der Waals surface area contributed by atoms with Crippen LogP contribution in [0.1, 0.15) is 30.6 Å². The van der Waals surface area contributed by atoms with E-state index >= 15 is 0 Å². The predicted molar refractivity (Wildman–Crippen MR) is 59.2 cm³/mol. The number of carbonyl (C=O) groups is 1. The Morgan fingerprint density at radius 1 is 1.27 bits per heavy atom. The summed E-state index contributed by atoms with van der Waals surface area (Å²) in [5.41, 5.74) is -0.0856. The monoisotopic (exact) mass is 210 g/mol. The summed E-state index contributed by atoms with van der Waals surface area (Å²) in [5, 5.41) is 26.1. The normalized spacial score (nSPS) is 8.80. The Labute approximate surface area is 89.3 Å². The molecule has 0 saturated carbocycles. The highest BCUT2D eigenvalue weighted by Crippen LogP contribution is 1.96. The van der Waals surface area contributed by atoms with Crippen LogP contribution in [0, 0.1) is 0 Å². The SMILES string of the molecule is CCC.O=C(O)c1ccccc1B(O)O. The van der Waals surface area contributed by atoms with E-state index in [4.69, 9.17) is 15.2 Å². The molecule has 0 aliphatic heterocycles. The molecule has 0 amide bonds. The number of hydrogen-bond donors (Lipinski definition) is 3. The molecule has 0 heterocycles. The highest BCUT2D eigenvalue weighted by atomic mass is 16.4. The van der Waals surface area contributed by atoms with Gasteiger partial charge in [-0.05, 0) is 11.5 Å². The lowest BCUT2D eigenvalue weighted by molar-refractivity contribution is 0.0698. The van der Waals surface area contributed by atoms with E-state index in [1.54, 1.807) is 6.07 Å². The molecule has 1 aromatic rings. The summed E-state index contributed by atoms with van der Waals surface area (Å²) in [6.45, 7) is 4.25. The molecule has 0 spiro atoms. The van der Waals surface area contributed by atoms with Crippen LogP contribution in [0.15, 0.2) is 24.3 Å². The average molecular weight is 210 g/mol. The summed E-state index contributed by atoms with van der Waals surface area (Å²) in [5.74, 6) is -1.17. The van der Waals surface area contributed by atoms with E-state index < -0.39 is 13.1 Å². The molecular weight excluding hydrogens is 195 g/mol. The second-order valence-electron chi connectivity index (χ2n) is 2.97. The molecule has 0 unspecified atom stereocenters. The van der Waals surface area contributed by atoms with E-state index in [9.17, 15) is 4.79 Å². The van der Waals surface area contributed by atoms with E-state index in [0.29, 0.717) is 0 Å². The number of carboxylic acids is 1. The minimum atomic E-state index is -1.74. The van der Waals surface area contributed by atoms with Crippen molar-refractivity contribution in [1.82, 2.24) is 0 Å². The Morgan fingerprint density at radius 2 is 1.73 bits per heavy atom. The predicted octanol–water partition coefficient (Wildman–Crippen LogP) is 0.481. The third kappa shape index (κ3) is 4.62. The van der Waals surface area contributed by atoms with Crippen LogP contribution in [0.25, 0.3) is 0 Å². The van der Waals surface area contributed by atoms with Crippen LogP contribution in [0.2, 0.25) is 0 Å². The van der Waals surface area contributed by atoms with Crippen LogP contribution in [-0.2, 0) is 0 Å². The summed E-state index contributed by atoms with van der Waals surface area (Å²) in [6, 6.07) is 5.74. The van der Waals surface area contributed by atoms with Crippen LogP contribution >= 0.6 is 0 Å². The zero-order valence-corrected chi connectivity index (χ0v) is 8.84. The molecule has 82 valence electrons. The van der Waals surface area contributed by atoms with Crippen LogP contribution in [0.4, 0.5) is 0 Å². The number of carboxylic acid groups (broad SMARTS) is 1. The third-order valence-corrected chi connectivity index (χ3v) is 1.47. The average Bonchev–Trinajstić information content (AvgIpc) is 2.19. The quantitative estimate of drug-likeness (QED) is 0.620. The second kappa shape index (κ2) is 7.03. The van der Waals surface area contributed by atoms with E-state index in [0.717, 1.165) is 0 Å². The lowest BCUT2D eigenvalue weighted by Crippen LogP contribution is -2.34. The summed E-state index contributed by atoms with van der Waals surface area (Å²) in [6.07, 6.45) is 1.25. The molecule has 3 N–H and O–H groups in total. The number of rotatable bonds is 2. The van der Waals surface area contributed by atoms with Crippen molar-refractivity contribution in [3.8, 4) is 0 Å². The zero-order valence-electron chi connectivity index (χ0n) is 8.84. The molecule has 1 aromatic carbocycles. The van der Waals surface area contributed by atoms with Crippen LogP contribution in [0.3, 0.4) is 0 Å². The van der Waals surface area contributed by atoms with Crippen molar-refractivity contribution in [3.05, 3.63) is 29.8 Å². The van der Waals surface area contributed by atoms with Gasteiger partial charge in [-0.15, -0.1) is 0 Å². The number of hydrogen-bond acceptors (Lipinski definition) is 3. The first kappa shape index (κ1) is 13.7. The Kier molecular flexibility index (Phi) is 6.41. The molecule has 15 heavy (non-hydrogen) atoms. The molecule has 0 aliphatic rings. The van der Waals surface area contributed by atoms with Gasteiger partial charge in [0.15, 0.2) is 0 Å². The highest BCUT2D eigenvalue weighted by molar-refractivity contribution is 6.60. The first-order chi connectivity index (χ1) is 7.04. The lowest BCUT2D eigenvalue weighted by Gasteiger charge is -2.02. The van der Waals surface area contributed by atoms with E-state index in [1.165, 1.54) is 24.6 Å². The minimum Gasteiger partial charge on any atom is -0.478 e. The third-order valence-electron chi connectivity index (χ3n) is 1.47. The van der Waals surface area contributed by atoms with Crippen molar-refractivity contribution in [1.29, 1.82) is 0 Å².